The second-order valence-electron chi connectivity index (χ2n) is 4.20. The van der Waals surface area contributed by atoms with Crippen LogP contribution in [0.3, 0.4) is 0 Å². The molecule has 4 heteroatoms. The van der Waals surface area contributed by atoms with Gasteiger partial charge in [-0.2, -0.15) is 0 Å². The van der Waals surface area contributed by atoms with Gasteiger partial charge in [0.15, 0.2) is 0 Å². The standard InChI is InChI=1S/C16H14FNO2/c1-12(18-19)5-6-13-3-2-4-16(11-13)20-15-9-7-14(17)8-10-15/h2-11,19H,1H3/b6-5+,18-12+. The van der Waals surface area contributed by atoms with Gasteiger partial charge in [0.05, 0.1) is 5.71 Å². The fourth-order valence-electron chi connectivity index (χ4n) is 1.57. The number of benzene rings is 2. The Morgan fingerprint density at radius 2 is 1.90 bits per heavy atom. The van der Waals surface area contributed by atoms with E-state index in [4.69, 9.17) is 9.94 Å². The normalized spacial score (nSPS) is 11.8. The van der Waals surface area contributed by atoms with Crippen LogP contribution in [0.5, 0.6) is 11.5 Å². The van der Waals surface area contributed by atoms with Crippen molar-refractivity contribution in [3.05, 3.63) is 66.0 Å². The van der Waals surface area contributed by atoms with Gasteiger partial charge in [-0.05, 0) is 55.0 Å². The summed E-state index contributed by atoms with van der Waals surface area (Å²) in [5.41, 5.74) is 1.42. The van der Waals surface area contributed by atoms with Crippen molar-refractivity contribution in [2.45, 2.75) is 6.92 Å². The molecule has 0 aliphatic heterocycles. The molecule has 0 aliphatic rings. The van der Waals surface area contributed by atoms with Crippen LogP contribution in [0.2, 0.25) is 0 Å². The first-order chi connectivity index (χ1) is 9.67. The predicted molar refractivity (Wildman–Crippen MR) is 76.8 cm³/mol. The van der Waals surface area contributed by atoms with Crippen LogP contribution in [-0.4, -0.2) is 10.9 Å². The van der Waals surface area contributed by atoms with Crippen molar-refractivity contribution in [1.29, 1.82) is 0 Å². The van der Waals surface area contributed by atoms with Gasteiger partial charge in [0, 0.05) is 0 Å². The topological polar surface area (TPSA) is 41.8 Å². The maximum Gasteiger partial charge on any atom is 0.128 e. The van der Waals surface area contributed by atoms with Gasteiger partial charge in [0.2, 0.25) is 0 Å². The Labute approximate surface area is 116 Å². The van der Waals surface area contributed by atoms with E-state index in [1.807, 2.05) is 30.3 Å². The maximum atomic E-state index is 12.8. The molecule has 0 saturated carbocycles. The predicted octanol–water partition coefficient (Wildman–Crippen LogP) is 4.48. The molecule has 2 aromatic carbocycles. The summed E-state index contributed by atoms with van der Waals surface area (Å²) in [5.74, 6) is 0.922. The zero-order valence-electron chi connectivity index (χ0n) is 11.0. The van der Waals surface area contributed by atoms with E-state index in [2.05, 4.69) is 5.16 Å². The molecule has 0 amide bonds. The molecule has 0 heterocycles. The van der Waals surface area contributed by atoms with Crippen molar-refractivity contribution in [3.8, 4) is 11.5 Å². The maximum absolute atomic E-state index is 12.8. The fourth-order valence-corrected chi connectivity index (χ4v) is 1.57. The molecule has 0 atom stereocenters. The Morgan fingerprint density at radius 1 is 1.15 bits per heavy atom. The zero-order valence-corrected chi connectivity index (χ0v) is 11.0. The Bertz CT molecular complexity index is 633. The third kappa shape index (κ3) is 3.95. The molecule has 1 N–H and O–H groups in total. The van der Waals surface area contributed by atoms with E-state index in [9.17, 15) is 4.39 Å². The average Bonchev–Trinajstić information content (AvgIpc) is 2.47. The van der Waals surface area contributed by atoms with E-state index in [1.54, 1.807) is 25.1 Å². The highest BCUT2D eigenvalue weighted by Crippen LogP contribution is 2.22. The monoisotopic (exact) mass is 271 g/mol. The molecule has 3 nitrogen and oxygen atoms in total. The molecule has 0 aliphatic carbocycles. The van der Waals surface area contributed by atoms with Gasteiger partial charge in [-0.25, -0.2) is 4.39 Å². The van der Waals surface area contributed by atoms with Crippen LogP contribution in [0.25, 0.3) is 6.08 Å². The number of rotatable bonds is 4. The highest BCUT2D eigenvalue weighted by atomic mass is 19.1. The zero-order chi connectivity index (χ0) is 14.4. The van der Waals surface area contributed by atoms with Crippen LogP contribution in [0, 0.1) is 5.82 Å². The summed E-state index contributed by atoms with van der Waals surface area (Å²) < 4.78 is 18.4. The van der Waals surface area contributed by atoms with Gasteiger partial charge in [0.1, 0.15) is 17.3 Å². The van der Waals surface area contributed by atoms with Crippen LogP contribution >= 0.6 is 0 Å². The van der Waals surface area contributed by atoms with E-state index >= 15 is 0 Å². The minimum absolute atomic E-state index is 0.298. The van der Waals surface area contributed by atoms with E-state index in [0.717, 1.165) is 5.56 Å². The molecule has 0 spiro atoms. The summed E-state index contributed by atoms with van der Waals surface area (Å²) in [5, 5.41) is 11.6. The van der Waals surface area contributed by atoms with E-state index in [0.29, 0.717) is 17.2 Å². The first-order valence-corrected chi connectivity index (χ1v) is 6.07. The molecule has 0 aromatic heterocycles. The van der Waals surface area contributed by atoms with Crippen molar-refractivity contribution >= 4 is 11.8 Å². The van der Waals surface area contributed by atoms with Crippen molar-refractivity contribution in [2.75, 3.05) is 0 Å². The molecule has 20 heavy (non-hydrogen) atoms. The van der Waals surface area contributed by atoms with Crippen LogP contribution in [-0.2, 0) is 0 Å². The Morgan fingerprint density at radius 3 is 2.60 bits per heavy atom. The van der Waals surface area contributed by atoms with Gasteiger partial charge < -0.3 is 9.94 Å². The van der Waals surface area contributed by atoms with Gasteiger partial charge in [-0.3, -0.25) is 0 Å². The number of halogens is 1. The Balaban J connectivity index is 2.13. The largest absolute Gasteiger partial charge is 0.457 e. The molecular weight excluding hydrogens is 257 g/mol. The number of oxime groups is 1. The van der Waals surface area contributed by atoms with Crippen LogP contribution in [0.4, 0.5) is 4.39 Å². The smallest absolute Gasteiger partial charge is 0.128 e. The molecule has 2 rings (SSSR count). The molecule has 0 bridgehead atoms. The molecular formula is C16H14FNO2. The lowest BCUT2D eigenvalue weighted by atomic mass is 10.2. The van der Waals surface area contributed by atoms with Gasteiger partial charge in [-0.1, -0.05) is 23.4 Å². The second-order valence-corrected chi connectivity index (χ2v) is 4.20. The Kier molecular flexibility index (Phi) is 4.50. The average molecular weight is 271 g/mol. The summed E-state index contributed by atoms with van der Waals surface area (Å²) >= 11 is 0. The number of allylic oxidation sites excluding steroid dienone is 1. The van der Waals surface area contributed by atoms with Gasteiger partial charge in [0.25, 0.3) is 0 Å². The van der Waals surface area contributed by atoms with Crippen LogP contribution < -0.4 is 4.74 Å². The third-order valence-corrected chi connectivity index (χ3v) is 2.58. The van der Waals surface area contributed by atoms with E-state index in [1.165, 1.54) is 12.1 Å². The van der Waals surface area contributed by atoms with Crippen LogP contribution in [0.1, 0.15) is 12.5 Å². The van der Waals surface area contributed by atoms with E-state index < -0.39 is 0 Å². The summed E-state index contributed by atoms with van der Waals surface area (Å²) in [6.07, 6.45) is 3.50. The van der Waals surface area contributed by atoms with Gasteiger partial charge >= 0.3 is 0 Å². The number of nitrogens with zero attached hydrogens (tertiary/aromatic N) is 1. The highest BCUT2D eigenvalue weighted by Gasteiger charge is 1.98. The molecule has 0 radical (unpaired) electrons. The Hall–Kier alpha value is -2.62. The van der Waals surface area contributed by atoms with Crippen molar-refractivity contribution in [2.24, 2.45) is 5.16 Å². The minimum atomic E-state index is -0.298. The third-order valence-electron chi connectivity index (χ3n) is 2.58. The number of ether oxygens (including phenoxy) is 1. The lowest BCUT2D eigenvalue weighted by molar-refractivity contribution is 0.319. The van der Waals surface area contributed by atoms with Crippen molar-refractivity contribution in [3.63, 3.8) is 0 Å². The fraction of sp³-hybridized carbons (Fsp3) is 0.0625. The number of hydrogen-bond donors (Lipinski definition) is 1. The number of hydrogen-bond acceptors (Lipinski definition) is 3. The molecule has 0 saturated heterocycles. The van der Waals surface area contributed by atoms with Crippen molar-refractivity contribution in [1.82, 2.24) is 0 Å². The lowest BCUT2D eigenvalue weighted by Crippen LogP contribution is -1.86. The summed E-state index contributed by atoms with van der Waals surface area (Å²) in [6.45, 7) is 1.69. The summed E-state index contributed by atoms with van der Waals surface area (Å²) in [4.78, 5) is 0. The van der Waals surface area contributed by atoms with E-state index in [-0.39, 0.29) is 5.82 Å². The highest BCUT2D eigenvalue weighted by molar-refractivity contribution is 5.95. The summed E-state index contributed by atoms with van der Waals surface area (Å²) in [6, 6.07) is 13.2. The van der Waals surface area contributed by atoms with Crippen LogP contribution in [0.15, 0.2) is 59.8 Å². The minimum Gasteiger partial charge on any atom is -0.457 e. The van der Waals surface area contributed by atoms with Crippen molar-refractivity contribution < 1.29 is 14.3 Å². The van der Waals surface area contributed by atoms with Gasteiger partial charge in [-0.15, -0.1) is 0 Å². The molecule has 2 aromatic rings. The lowest BCUT2D eigenvalue weighted by Gasteiger charge is -2.06. The summed E-state index contributed by atoms with van der Waals surface area (Å²) in [7, 11) is 0. The molecule has 0 fully saturated rings. The molecule has 102 valence electrons. The second kappa shape index (κ2) is 6.52. The first kappa shape index (κ1) is 13.8. The first-order valence-electron chi connectivity index (χ1n) is 6.07. The molecule has 0 unspecified atom stereocenters. The SMILES string of the molecule is CC(/C=C/c1cccc(Oc2ccc(F)cc2)c1)=N\O. The quantitative estimate of drug-likeness (QED) is 0.506.